The summed E-state index contributed by atoms with van der Waals surface area (Å²) in [6.45, 7) is 0. The van der Waals surface area contributed by atoms with Crippen molar-refractivity contribution < 1.29 is 18.1 Å². The minimum Gasteiger partial charge on any atom is -0.316 e. The van der Waals surface area contributed by atoms with Gasteiger partial charge in [-0.25, -0.2) is 8.78 Å². The number of rotatable bonds is 2. The molecule has 16 heavy (non-hydrogen) atoms. The zero-order chi connectivity index (χ0) is 12.1. The molecule has 1 aliphatic rings. The Balaban J connectivity index is 2.41. The van der Waals surface area contributed by atoms with Crippen LogP contribution in [0.2, 0.25) is 0 Å². The van der Waals surface area contributed by atoms with Crippen molar-refractivity contribution in [1.29, 1.82) is 0 Å². The molecule has 1 unspecified atom stereocenters. The topological polar surface area (TPSA) is 69.2 Å². The molecule has 0 saturated heterocycles. The first-order chi connectivity index (χ1) is 7.28. The van der Waals surface area contributed by atoms with Crippen molar-refractivity contribution in [3.05, 3.63) is 39.7 Å². The number of halogens is 3. The summed E-state index contributed by atoms with van der Waals surface area (Å²) in [4.78, 5) is 9.39. The molecule has 4 nitrogen and oxygen atoms in total. The third-order valence-corrected chi connectivity index (χ3v) is 2.69. The zero-order valence-electron chi connectivity index (χ0n) is 7.91. The molecule has 0 spiro atoms. The molecule has 1 aliphatic carbocycles. The Bertz CT molecular complexity index is 478. The van der Waals surface area contributed by atoms with Gasteiger partial charge in [-0.2, -0.15) is 4.39 Å². The van der Waals surface area contributed by atoms with Crippen molar-refractivity contribution >= 4 is 5.69 Å². The van der Waals surface area contributed by atoms with E-state index in [9.17, 15) is 23.3 Å². The predicted octanol–water partition coefficient (Wildman–Crippen LogP) is 1.93. The fourth-order valence-corrected chi connectivity index (χ4v) is 1.55. The highest BCUT2D eigenvalue weighted by atomic mass is 19.3. The molecular weight excluding hydrogens is 225 g/mol. The molecule has 7 heteroatoms. The van der Waals surface area contributed by atoms with Gasteiger partial charge in [-0.05, 0) is 17.7 Å². The van der Waals surface area contributed by atoms with Crippen molar-refractivity contribution in [1.82, 2.24) is 0 Å². The monoisotopic (exact) mass is 232 g/mol. The maximum Gasteiger partial charge on any atom is 0.304 e. The lowest BCUT2D eigenvalue weighted by molar-refractivity contribution is -0.387. The lowest BCUT2D eigenvalue weighted by Gasteiger charge is -2.10. The Kier molecular flexibility index (Phi) is 2.00. The van der Waals surface area contributed by atoms with Crippen molar-refractivity contribution in [2.24, 2.45) is 5.73 Å². The Morgan fingerprint density at radius 3 is 2.38 bits per heavy atom. The summed E-state index contributed by atoms with van der Waals surface area (Å²) in [5.41, 5.74) is 2.59. The van der Waals surface area contributed by atoms with Gasteiger partial charge in [-0.15, -0.1) is 0 Å². The summed E-state index contributed by atoms with van der Waals surface area (Å²) in [5.74, 6) is -4.23. The van der Waals surface area contributed by atoms with Gasteiger partial charge in [0, 0.05) is 12.5 Å². The maximum atomic E-state index is 13.2. The van der Waals surface area contributed by atoms with Crippen molar-refractivity contribution in [2.45, 2.75) is 17.9 Å². The van der Waals surface area contributed by atoms with Crippen LogP contribution in [-0.4, -0.2) is 10.8 Å². The summed E-state index contributed by atoms with van der Waals surface area (Å²) in [6.07, 6.45) is -0.572. The van der Waals surface area contributed by atoms with Crippen LogP contribution in [0, 0.1) is 15.9 Å². The molecule has 0 aromatic heterocycles. The molecule has 0 amide bonds. The number of alkyl halides is 2. The Morgan fingerprint density at radius 2 is 2.00 bits per heavy atom. The van der Waals surface area contributed by atoms with E-state index in [0.717, 1.165) is 12.1 Å². The first-order valence-corrected chi connectivity index (χ1v) is 4.39. The van der Waals surface area contributed by atoms with Crippen LogP contribution in [0.4, 0.5) is 18.9 Å². The number of hydrogen-bond acceptors (Lipinski definition) is 3. The number of benzene rings is 1. The normalized spacial score (nSPS) is 26.5. The van der Waals surface area contributed by atoms with Gasteiger partial charge in [0.2, 0.25) is 5.82 Å². The SMILES string of the molecule is NC1(c2ccc([N+](=O)[O-])c(F)c2)CC1(F)F. The summed E-state index contributed by atoms with van der Waals surface area (Å²) >= 11 is 0. The smallest absolute Gasteiger partial charge is 0.304 e. The molecule has 0 heterocycles. The van der Waals surface area contributed by atoms with Crippen molar-refractivity contribution in [3.8, 4) is 0 Å². The van der Waals surface area contributed by atoms with E-state index in [1.807, 2.05) is 0 Å². The average molecular weight is 232 g/mol. The number of nitro benzene ring substituents is 1. The molecule has 1 atom stereocenters. The molecule has 1 saturated carbocycles. The molecule has 1 aromatic carbocycles. The van der Waals surface area contributed by atoms with E-state index in [2.05, 4.69) is 0 Å². The minimum atomic E-state index is -3.07. The molecule has 2 rings (SSSR count). The van der Waals surface area contributed by atoms with E-state index in [4.69, 9.17) is 5.73 Å². The quantitative estimate of drug-likeness (QED) is 0.625. The second kappa shape index (κ2) is 2.94. The van der Waals surface area contributed by atoms with Gasteiger partial charge in [0.05, 0.1) is 4.92 Å². The zero-order valence-corrected chi connectivity index (χ0v) is 7.91. The van der Waals surface area contributed by atoms with Gasteiger partial charge in [0.15, 0.2) is 0 Å². The van der Waals surface area contributed by atoms with Crippen molar-refractivity contribution in [3.63, 3.8) is 0 Å². The van der Waals surface area contributed by atoms with E-state index >= 15 is 0 Å². The Morgan fingerprint density at radius 1 is 1.44 bits per heavy atom. The number of nitrogens with two attached hydrogens (primary N) is 1. The van der Waals surface area contributed by atoms with Crippen LogP contribution in [0.25, 0.3) is 0 Å². The van der Waals surface area contributed by atoms with Crippen LogP contribution >= 0.6 is 0 Å². The van der Waals surface area contributed by atoms with Crippen LogP contribution in [-0.2, 0) is 5.54 Å². The largest absolute Gasteiger partial charge is 0.316 e. The second-order valence-electron chi connectivity index (χ2n) is 3.78. The number of nitro groups is 1. The first-order valence-electron chi connectivity index (χ1n) is 4.39. The molecule has 2 N–H and O–H groups in total. The van der Waals surface area contributed by atoms with Crippen molar-refractivity contribution in [2.75, 3.05) is 0 Å². The molecule has 1 aromatic rings. The Hall–Kier alpha value is -1.63. The lowest BCUT2D eigenvalue weighted by Crippen LogP contribution is -2.27. The van der Waals surface area contributed by atoms with Gasteiger partial charge in [0.1, 0.15) is 5.54 Å². The third-order valence-electron chi connectivity index (χ3n) is 2.69. The third kappa shape index (κ3) is 1.35. The highest BCUT2D eigenvalue weighted by Crippen LogP contribution is 2.57. The Labute approximate surface area is 88.0 Å². The van der Waals surface area contributed by atoms with Gasteiger partial charge in [-0.1, -0.05) is 0 Å². The number of nitrogens with zero attached hydrogens (tertiary/aromatic N) is 1. The summed E-state index contributed by atoms with van der Waals surface area (Å²) in [5, 5.41) is 10.3. The first kappa shape index (κ1) is 10.9. The van der Waals surface area contributed by atoms with E-state index in [-0.39, 0.29) is 5.56 Å². The van der Waals surface area contributed by atoms with Gasteiger partial charge >= 0.3 is 5.69 Å². The summed E-state index contributed by atoms with van der Waals surface area (Å²) in [6, 6.07) is 2.59. The van der Waals surface area contributed by atoms with Crippen LogP contribution < -0.4 is 5.73 Å². The lowest BCUT2D eigenvalue weighted by atomic mass is 10.0. The van der Waals surface area contributed by atoms with Crippen LogP contribution in [0.1, 0.15) is 12.0 Å². The summed E-state index contributed by atoms with van der Waals surface area (Å²) in [7, 11) is 0. The molecule has 0 radical (unpaired) electrons. The predicted molar refractivity (Wildman–Crippen MR) is 48.5 cm³/mol. The van der Waals surface area contributed by atoms with Crippen LogP contribution in [0.5, 0.6) is 0 Å². The number of hydrogen-bond donors (Lipinski definition) is 1. The fourth-order valence-electron chi connectivity index (χ4n) is 1.55. The average Bonchev–Trinajstić information content (AvgIpc) is 2.66. The van der Waals surface area contributed by atoms with E-state index in [1.165, 1.54) is 0 Å². The van der Waals surface area contributed by atoms with Crippen LogP contribution in [0.3, 0.4) is 0 Å². The molecule has 1 fully saturated rings. The minimum absolute atomic E-state index is 0.124. The van der Waals surface area contributed by atoms with Gasteiger partial charge in [-0.3, -0.25) is 10.1 Å². The van der Waals surface area contributed by atoms with Gasteiger partial charge < -0.3 is 5.73 Å². The fraction of sp³-hybridized carbons (Fsp3) is 0.333. The van der Waals surface area contributed by atoms with Gasteiger partial charge in [0.25, 0.3) is 5.92 Å². The van der Waals surface area contributed by atoms with E-state index < -0.39 is 34.3 Å². The standard InChI is InChI=1S/C9H7F3N2O2/c10-6-3-5(1-2-7(6)14(15)16)8(13)4-9(8,11)12/h1-3H,4,13H2. The molecule has 0 bridgehead atoms. The van der Waals surface area contributed by atoms with E-state index in [0.29, 0.717) is 6.07 Å². The maximum absolute atomic E-state index is 13.2. The second-order valence-corrected chi connectivity index (χ2v) is 3.78. The molecular formula is C9H7F3N2O2. The summed E-state index contributed by atoms with van der Waals surface area (Å²) < 4.78 is 38.9. The molecule has 86 valence electrons. The molecule has 0 aliphatic heterocycles. The van der Waals surface area contributed by atoms with E-state index in [1.54, 1.807) is 0 Å². The highest BCUT2D eigenvalue weighted by molar-refractivity contribution is 5.42. The van der Waals surface area contributed by atoms with Crippen LogP contribution in [0.15, 0.2) is 18.2 Å². The highest BCUT2D eigenvalue weighted by Gasteiger charge is 2.70.